The monoisotopic (exact) mass is 341 g/mol. The minimum Gasteiger partial charge on any atom is -0.546 e. The third-order valence-electron chi connectivity index (χ3n) is 3.33. The number of aliphatic carboxylic acids is 1. The smallest absolute Gasteiger partial charge is 0.163 e. The molecule has 0 heterocycles. The van der Waals surface area contributed by atoms with E-state index >= 15 is 0 Å². The van der Waals surface area contributed by atoms with Gasteiger partial charge in [-0.05, 0) is 31.9 Å². The van der Waals surface area contributed by atoms with Crippen LogP contribution in [-0.2, 0) is 11.2 Å². The molecular formula is C17H22ClO5-. The predicted molar refractivity (Wildman–Crippen MR) is 86.4 cm³/mol. The van der Waals surface area contributed by atoms with E-state index < -0.39 is 12.1 Å². The van der Waals surface area contributed by atoms with Crippen LogP contribution in [0, 0.1) is 0 Å². The van der Waals surface area contributed by atoms with E-state index in [0.717, 1.165) is 6.42 Å². The van der Waals surface area contributed by atoms with Gasteiger partial charge in [0, 0.05) is 5.56 Å². The molecule has 0 aromatic heterocycles. The van der Waals surface area contributed by atoms with Gasteiger partial charge in [-0.15, -0.1) is 11.6 Å². The largest absolute Gasteiger partial charge is 0.546 e. The number of hydrogen-bond acceptors (Lipinski definition) is 5. The Morgan fingerprint density at radius 3 is 2.48 bits per heavy atom. The molecule has 0 N–H and O–H groups in total. The number of halogens is 1. The van der Waals surface area contributed by atoms with E-state index in [1.54, 1.807) is 19.1 Å². The Hall–Kier alpha value is -1.75. The van der Waals surface area contributed by atoms with Crippen LogP contribution in [-0.4, -0.2) is 30.3 Å². The van der Waals surface area contributed by atoms with Crippen LogP contribution in [0.1, 0.15) is 49.5 Å². The van der Waals surface area contributed by atoms with E-state index in [4.69, 9.17) is 21.1 Å². The number of carboxylic acid groups (broad SMARTS) is 1. The molecule has 23 heavy (non-hydrogen) atoms. The first kappa shape index (κ1) is 19.3. The van der Waals surface area contributed by atoms with Crippen molar-refractivity contribution in [3.05, 3.63) is 23.3 Å². The number of rotatable bonds is 10. The van der Waals surface area contributed by atoms with Crippen molar-refractivity contribution in [1.29, 1.82) is 0 Å². The molecule has 0 spiro atoms. The molecule has 128 valence electrons. The SMILES string of the molecule is CCCc1c(OCCCl)ccc(C(C)=O)c1OC(CC)C(=O)[O-]. The van der Waals surface area contributed by atoms with Crippen LogP contribution in [0.5, 0.6) is 11.5 Å². The second-order valence-electron chi connectivity index (χ2n) is 5.10. The highest BCUT2D eigenvalue weighted by Gasteiger charge is 2.21. The topological polar surface area (TPSA) is 75.7 Å². The van der Waals surface area contributed by atoms with Gasteiger partial charge in [-0.1, -0.05) is 20.3 Å². The van der Waals surface area contributed by atoms with Gasteiger partial charge in [0.25, 0.3) is 0 Å². The lowest BCUT2D eigenvalue weighted by atomic mass is 10.0. The Bertz CT molecular complexity index is 556. The Morgan fingerprint density at radius 1 is 1.30 bits per heavy atom. The molecule has 0 fully saturated rings. The summed E-state index contributed by atoms with van der Waals surface area (Å²) < 4.78 is 11.2. The molecule has 1 atom stereocenters. The van der Waals surface area contributed by atoms with Crippen LogP contribution in [0.2, 0.25) is 0 Å². The van der Waals surface area contributed by atoms with Crippen LogP contribution in [0.15, 0.2) is 12.1 Å². The summed E-state index contributed by atoms with van der Waals surface area (Å²) in [6.07, 6.45) is 0.499. The van der Waals surface area contributed by atoms with Gasteiger partial charge in [-0.3, -0.25) is 4.79 Å². The summed E-state index contributed by atoms with van der Waals surface area (Å²) in [5, 5.41) is 11.2. The molecular weight excluding hydrogens is 320 g/mol. The van der Waals surface area contributed by atoms with Gasteiger partial charge in [0.05, 0.1) is 17.4 Å². The lowest BCUT2D eigenvalue weighted by Crippen LogP contribution is -2.39. The first-order valence-corrected chi connectivity index (χ1v) is 8.22. The van der Waals surface area contributed by atoms with Crippen molar-refractivity contribution >= 4 is 23.4 Å². The maximum atomic E-state index is 11.9. The molecule has 0 saturated carbocycles. The molecule has 0 amide bonds. The highest BCUT2D eigenvalue weighted by molar-refractivity contribution is 6.18. The normalized spacial score (nSPS) is 11.8. The van der Waals surface area contributed by atoms with E-state index in [-0.39, 0.29) is 18.0 Å². The predicted octanol–water partition coefficient (Wildman–Crippen LogP) is 2.37. The van der Waals surface area contributed by atoms with Crippen LogP contribution < -0.4 is 14.6 Å². The highest BCUT2D eigenvalue weighted by atomic mass is 35.5. The summed E-state index contributed by atoms with van der Waals surface area (Å²) in [7, 11) is 0. The van der Waals surface area contributed by atoms with Crippen molar-refractivity contribution in [2.75, 3.05) is 12.5 Å². The van der Waals surface area contributed by atoms with E-state index in [2.05, 4.69) is 0 Å². The van der Waals surface area contributed by atoms with Gasteiger partial charge in [0.15, 0.2) is 5.78 Å². The first-order chi connectivity index (χ1) is 11.0. The van der Waals surface area contributed by atoms with Crippen LogP contribution >= 0.6 is 11.6 Å². The zero-order valence-corrected chi connectivity index (χ0v) is 14.4. The van der Waals surface area contributed by atoms with Crippen molar-refractivity contribution < 1.29 is 24.2 Å². The zero-order valence-electron chi connectivity index (χ0n) is 13.7. The van der Waals surface area contributed by atoms with Crippen molar-refractivity contribution in [3.63, 3.8) is 0 Å². The molecule has 1 aromatic carbocycles. The number of benzene rings is 1. The molecule has 0 bridgehead atoms. The van der Waals surface area contributed by atoms with Gasteiger partial charge in [-0.25, -0.2) is 0 Å². The molecule has 1 aromatic rings. The fourth-order valence-corrected chi connectivity index (χ4v) is 2.31. The highest BCUT2D eigenvalue weighted by Crippen LogP contribution is 2.35. The van der Waals surface area contributed by atoms with E-state index in [0.29, 0.717) is 35.8 Å². The second kappa shape index (κ2) is 9.40. The number of ketones is 1. The Labute approximate surface area is 141 Å². The lowest BCUT2D eigenvalue weighted by molar-refractivity contribution is -0.313. The quantitative estimate of drug-likeness (QED) is 0.482. The van der Waals surface area contributed by atoms with Gasteiger partial charge < -0.3 is 19.4 Å². The van der Waals surface area contributed by atoms with Crippen molar-refractivity contribution in [3.8, 4) is 11.5 Å². The Balaban J connectivity index is 3.38. The van der Waals surface area contributed by atoms with E-state index in [9.17, 15) is 14.7 Å². The average molecular weight is 342 g/mol. The number of Topliss-reactive ketones (excluding diaryl/α,β-unsaturated/α-hetero) is 1. The van der Waals surface area contributed by atoms with Gasteiger partial charge in [0.1, 0.15) is 24.2 Å². The van der Waals surface area contributed by atoms with Gasteiger partial charge in [-0.2, -0.15) is 0 Å². The summed E-state index contributed by atoms with van der Waals surface area (Å²) in [5.41, 5.74) is 1.02. The molecule has 1 unspecified atom stereocenters. The number of ether oxygens (including phenoxy) is 2. The summed E-state index contributed by atoms with van der Waals surface area (Å²) in [5.74, 6) is -0.360. The van der Waals surface area contributed by atoms with Crippen molar-refractivity contribution in [2.24, 2.45) is 0 Å². The van der Waals surface area contributed by atoms with Crippen molar-refractivity contribution in [1.82, 2.24) is 0 Å². The summed E-state index contributed by atoms with van der Waals surface area (Å²) in [6, 6.07) is 3.28. The van der Waals surface area contributed by atoms with Crippen LogP contribution in [0.25, 0.3) is 0 Å². The number of alkyl halides is 1. The zero-order chi connectivity index (χ0) is 17.4. The number of carboxylic acids is 1. The Kier molecular flexibility index (Phi) is 7.89. The van der Waals surface area contributed by atoms with Gasteiger partial charge >= 0.3 is 0 Å². The third kappa shape index (κ3) is 5.13. The van der Waals surface area contributed by atoms with Crippen LogP contribution in [0.3, 0.4) is 0 Å². The fraction of sp³-hybridized carbons (Fsp3) is 0.529. The summed E-state index contributed by atoms with van der Waals surface area (Å²) in [6.45, 7) is 5.39. The first-order valence-electron chi connectivity index (χ1n) is 7.69. The van der Waals surface area contributed by atoms with E-state index in [1.165, 1.54) is 6.92 Å². The minimum atomic E-state index is -1.31. The molecule has 0 aliphatic heterocycles. The molecule has 5 nitrogen and oxygen atoms in total. The fourth-order valence-electron chi connectivity index (χ4n) is 2.23. The molecule has 1 rings (SSSR count). The molecule has 0 aliphatic rings. The Morgan fingerprint density at radius 2 is 2.00 bits per heavy atom. The molecule has 0 radical (unpaired) electrons. The molecule has 0 aliphatic carbocycles. The third-order valence-corrected chi connectivity index (χ3v) is 3.48. The number of carbonyl (C=O) groups is 2. The van der Waals surface area contributed by atoms with Crippen LogP contribution in [0.4, 0.5) is 0 Å². The summed E-state index contributed by atoms with van der Waals surface area (Å²) in [4.78, 5) is 23.1. The van der Waals surface area contributed by atoms with Crippen molar-refractivity contribution in [2.45, 2.75) is 46.1 Å². The average Bonchev–Trinajstić information content (AvgIpc) is 2.51. The summed E-state index contributed by atoms with van der Waals surface area (Å²) >= 11 is 5.65. The maximum Gasteiger partial charge on any atom is 0.163 e. The standard InChI is InChI=1S/C17H23ClO5/c1-4-6-13-15(22-10-9-18)8-7-12(11(3)19)16(13)23-14(5-2)17(20)21/h7-8,14H,4-6,9-10H2,1-3H3,(H,20,21)/p-1. The minimum absolute atomic E-state index is 0.200. The molecule has 6 heteroatoms. The number of hydrogen-bond donors (Lipinski definition) is 0. The van der Waals surface area contributed by atoms with Gasteiger partial charge in [0.2, 0.25) is 0 Å². The molecule has 0 saturated heterocycles. The lowest BCUT2D eigenvalue weighted by Gasteiger charge is -2.23. The second-order valence-corrected chi connectivity index (χ2v) is 5.47. The van der Waals surface area contributed by atoms with E-state index in [1.807, 2.05) is 6.92 Å². The maximum absolute atomic E-state index is 11.9. The number of carbonyl (C=O) groups excluding carboxylic acids is 2.